The Balaban J connectivity index is 1.58. The molecule has 1 amide bonds. The van der Waals surface area contributed by atoms with Crippen molar-refractivity contribution in [1.82, 2.24) is 9.80 Å². The van der Waals surface area contributed by atoms with E-state index in [-0.39, 0.29) is 12.5 Å². The number of piperidine rings is 1. The minimum Gasteiger partial charge on any atom is -0.490 e. The largest absolute Gasteiger partial charge is 0.490 e. The number of fused-ring (bicyclic) bond motifs is 1. The molecule has 0 spiro atoms. The normalized spacial score (nSPS) is 20.5. The fourth-order valence-corrected chi connectivity index (χ4v) is 3.58. The highest BCUT2D eigenvalue weighted by molar-refractivity contribution is 5.78. The van der Waals surface area contributed by atoms with Gasteiger partial charge in [-0.2, -0.15) is 5.26 Å². The summed E-state index contributed by atoms with van der Waals surface area (Å²) >= 11 is 0. The molecule has 0 aliphatic carbocycles. The second-order valence-corrected chi connectivity index (χ2v) is 6.52. The molecule has 2 aliphatic heterocycles. The molecule has 2 saturated heterocycles. The first-order valence-corrected chi connectivity index (χ1v) is 9.03. The van der Waals surface area contributed by atoms with E-state index in [4.69, 9.17) is 14.7 Å². The van der Waals surface area contributed by atoms with E-state index in [1.165, 1.54) is 19.3 Å². The number of nitrogens with zero attached hydrogens (tertiary/aromatic N) is 3. The van der Waals surface area contributed by atoms with E-state index >= 15 is 0 Å². The minimum absolute atomic E-state index is 0.00130. The highest BCUT2D eigenvalue weighted by Crippen LogP contribution is 2.28. The van der Waals surface area contributed by atoms with Crippen LogP contribution in [0.2, 0.25) is 0 Å². The Morgan fingerprint density at radius 2 is 2.12 bits per heavy atom. The predicted octanol–water partition coefficient (Wildman–Crippen LogP) is 2.03. The zero-order valence-electron chi connectivity index (χ0n) is 14.7. The summed E-state index contributed by atoms with van der Waals surface area (Å²) in [5, 5.41) is 8.99. The van der Waals surface area contributed by atoms with E-state index < -0.39 is 0 Å². The first-order valence-electron chi connectivity index (χ1n) is 9.03. The van der Waals surface area contributed by atoms with Gasteiger partial charge in [0.2, 0.25) is 0 Å². The number of amides is 1. The number of piperazine rings is 1. The average molecular weight is 343 g/mol. The Kier molecular flexibility index (Phi) is 5.77. The second kappa shape index (κ2) is 8.21. The van der Waals surface area contributed by atoms with Crippen molar-refractivity contribution in [3.05, 3.63) is 23.8 Å². The third-order valence-electron chi connectivity index (χ3n) is 4.91. The maximum atomic E-state index is 12.5. The molecule has 1 aromatic carbocycles. The quantitative estimate of drug-likeness (QED) is 0.818. The van der Waals surface area contributed by atoms with Crippen LogP contribution >= 0.6 is 0 Å². The lowest BCUT2D eigenvalue weighted by Crippen LogP contribution is -2.56. The van der Waals surface area contributed by atoms with Crippen LogP contribution in [0.5, 0.6) is 11.5 Å². The van der Waals surface area contributed by atoms with Gasteiger partial charge >= 0.3 is 0 Å². The van der Waals surface area contributed by atoms with Crippen molar-refractivity contribution in [3.8, 4) is 17.6 Å². The highest BCUT2D eigenvalue weighted by Gasteiger charge is 2.31. The molecule has 25 heavy (non-hydrogen) atoms. The zero-order chi connectivity index (χ0) is 17.6. The van der Waals surface area contributed by atoms with Gasteiger partial charge in [0.05, 0.1) is 18.2 Å². The van der Waals surface area contributed by atoms with E-state index in [9.17, 15) is 4.79 Å². The van der Waals surface area contributed by atoms with Gasteiger partial charge in [0.25, 0.3) is 5.91 Å². The van der Waals surface area contributed by atoms with Gasteiger partial charge in [-0.05, 0) is 38.4 Å². The monoisotopic (exact) mass is 343 g/mol. The topological polar surface area (TPSA) is 65.8 Å². The lowest BCUT2D eigenvalue weighted by Gasteiger charge is -2.43. The molecule has 0 saturated carbocycles. The smallest absolute Gasteiger partial charge is 0.260 e. The number of nitriles is 1. The van der Waals surface area contributed by atoms with Crippen molar-refractivity contribution in [1.29, 1.82) is 5.26 Å². The van der Waals surface area contributed by atoms with E-state index in [2.05, 4.69) is 11.0 Å². The molecule has 3 rings (SSSR count). The Bertz CT molecular complexity index is 656. The van der Waals surface area contributed by atoms with Crippen LogP contribution in [0, 0.1) is 11.3 Å². The first-order chi connectivity index (χ1) is 12.2. The van der Waals surface area contributed by atoms with Gasteiger partial charge in [-0.25, -0.2) is 0 Å². The minimum atomic E-state index is -0.00130. The van der Waals surface area contributed by atoms with Crippen LogP contribution in [-0.4, -0.2) is 61.1 Å². The Hall–Kier alpha value is -2.26. The van der Waals surface area contributed by atoms with Crippen LogP contribution in [0.3, 0.4) is 0 Å². The molecular formula is C19H25N3O3. The number of carbonyl (C=O) groups excluding carboxylic acids is 1. The standard InChI is InChI=1S/C19H25N3O3/c1-2-24-18-11-15(12-20)6-7-17(18)25-14-19(23)22-10-9-21-8-4-3-5-16(21)13-22/h6-7,11,16H,2-5,8-10,13-14H2,1H3/t16-/m1/s1. The fourth-order valence-electron chi connectivity index (χ4n) is 3.58. The van der Waals surface area contributed by atoms with E-state index in [0.717, 1.165) is 26.2 Å². The molecule has 6 heteroatoms. The maximum Gasteiger partial charge on any atom is 0.260 e. The van der Waals surface area contributed by atoms with Crippen molar-refractivity contribution in [3.63, 3.8) is 0 Å². The number of hydrogen-bond acceptors (Lipinski definition) is 5. The third-order valence-corrected chi connectivity index (χ3v) is 4.91. The van der Waals surface area contributed by atoms with Crippen LogP contribution in [0.15, 0.2) is 18.2 Å². The average Bonchev–Trinajstić information content (AvgIpc) is 2.66. The van der Waals surface area contributed by atoms with E-state index in [0.29, 0.717) is 29.7 Å². The van der Waals surface area contributed by atoms with Gasteiger partial charge in [0.15, 0.2) is 18.1 Å². The predicted molar refractivity (Wildman–Crippen MR) is 93.6 cm³/mol. The van der Waals surface area contributed by atoms with Gasteiger partial charge in [0, 0.05) is 31.7 Å². The molecule has 6 nitrogen and oxygen atoms in total. The molecule has 0 radical (unpaired) electrons. The number of rotatable bonds is 5. The number of carbonyl (C=O) groups is 1. The van der Waals surface area contributed by atoms with Gasteiger partial charge < -0.3 is 14.4 Å². The van der Waals surface area contributed by atoms with Crippen LogP contribution < -0.4 is 9.47 Å². The van der Waals surface area contributed by atoms with Crippen molar-refractivity contribution in [2.45, 2.75) is 32.2 Å². The summed E-state index contributed by atoms with van der Waals surface area (Å²) in [4.78, 5) is 16.9. The summed E-state index contributed by atoms with van der Waals surface area (Å²) < 4.78 is 11.2. The Labute approximate surface area is 148 Å². The molecule has 0 unspecified atom stereocenters. The molecule has 134 valence electrons. The van der Waals surface area contributed by atoms with Crippen molar-refractivity contribution < 1.29 is 14.3 Å². The highest BCUT2D eigenvalue weighted by atomic mass is 16.5. The number of benzene rings is 1. The summed E-state index contributed by atoms with van der Waals surface area (Å²) in [5.74, 6) is 1.02. The van der Waals surface area contributed by atoms with Gasteiger partial charge in [-0.3, -0.25) is 9.69 Å². The molecule has 0 bridgehead atoms. The molecule has 1 aromatic rings. The van der Waals surface area contributed by atoms with Crippen LogP contribution in [-0.2, 0) is 4.79 Å². The van der Waals surface area contributed by atoms with Gasteiger partial charge in [-0.1, -0.05) is 6.42 Å². The van der Waals surface area contributed by atoms with Gasteiger partial charge in [0.1, 0.15) is 0 Å². The summed E-state index contributed by atoms with van der Waals surface area (Å²) in [5.41, 5.74) is 0.510. The molecule has 2 aliphatic rings. The number of hydrogen-bond donors (Lipinski definition) is 0. The molecule has 0 aromatic heterocycles. The summed E-state index contributed by atoms with van der Waals surface area (Å²) in [6.45, 7) is 6.03. The summed E-state index contributed by atoms with van der Waals surface area (Å²) in [7, 11) is 0. The van der Waals surface area contributed by atoms with Crippen molar-refractivity contribution >= 4 is 5.91 Å². The molecular weight excluding hydrogens is 318 g/mol. The number of ether oxygens (including phenoxy) is 2. The lowest BCUT2D eigenvalue weighted by atomic mass is 9.99. The first kappa shape index (κ1) is 17.6. The Morgan fingerprint density at radius 1 is 1.24 bits per heavy atom. The lowest BCUT2D eigenvalue weighted by molar-refractivity contribution is -0.136. The van der Waals surface area contributed by atoms with E-state index in [1.54, 1.807) is 18.2 Å². The maximum absolute atomic E-state index is 12.5. The molecule has 2 fully saturated rings. The molecule has 1 atom stereocenters. The van der Waals surface area contributed by atoms with E-state index in [1.807, 2.05) is 11.8 Å². The molecule has 2 heterocycles. The second-order valence-electron chi connectivity index (χ2n) is 6.52. The fraction of sp³-hybridized carbons (Fsp3) is 0.579. The van der Waals surface area contributed by atoms with Crippen molar-refractivity contribution in [2.24, 2.45) is 0 Å². The Morgan fingerprint density at radius 3 is 2.92 bits per heavy atom. The third kappa shape index (κ3) is 4.23. The summed E-state index contributed by atoms with van der Waals surface area (Å²) in [6.07, 6.45) is 3.70. The van der Waals surface area contributed by atoms with Crippen molar-refractivity contribution in [2.75, 3.05) is 39.4 Å². The molecule has 0 N–H and O–H groups in total. The van der Waals surface area contributed by atoms with Gasteiger partial charge in [-0.15, -0.1) is 0 Å². The zero-order valence-corrected chi connectivity index (χ0v) is 14.7. The van der Waals surface area contributed by atoms with Crippen LogP contribution in [0.1, 0.15) is 31.7 Å². The van der Waals surface area contributed by atoms with Crippen LogP contribution in [0.4, 0.5) is 0 Å². The summed E-state index contributed by atoms with van der Waals surface area (Å²) in [6, 6.07) is 7.58. The van der Waals surface area contributed by atoms with Crippen LogP contribution in [0.25, 0.3) is 0 Å². The SMILES string of the molecule is CCOc1cc(C#N)ccc1OCC(=O)N1CCN2CCCC[C@@H]2C1.